The molecule has 0 N–H and O–H groups in total. The molecule has 4 aromatic rings. The van der Waals surface area contributed by atoms with Crippen molar-refractivity contribution in [3.63, 3.8) is 0 Å². The second-order valence-corrected chi connectivity index (χ2v) is 9.15. The van der Waals surface area contributed by atoms with E-state index in [9.17, 15) is 14.9 Å². The molecule has 0 saturated heterocycles. The van der Waals surface area contributed by atoms with Crippen LogP contribution < -0.4 is 5.56 Å². The van der Waals surface area contributed by atoms with Gasteiger partial charge in [0.15, 0.2) is 5.78 Å². The average molecular weight is 452 g/mol. The molecule has 5 nitrogen and oxygen atoms in total. The van der Waals surface area contributed by atoms with E-state index >= 15 is 0 Å². The van der Waals surface area contributed by atoms with Crippen LogP contribution in [0.1, 0.15) is 33.1 Å². The van der Waals surface area contributed by atoms with Crippen molar-refractivity contribution in [2.24, 2.45) is 13.0 Å². The highest BCUT2D eigenvalue weighted by atomic mass is 32.2. The van der Waals surface area contributed by atoms with E-state index < -0.39 is 23.2 Å². The number of hydrogen-bond acceptors (Lipinski definition) is 4. The molecule has 0 saturated carbocycles. The molecular formula is C27H21N3O2S. The Hall–Kier alpha value is -3.82. The SMILES string of the molecule is Cc1c(C(=O)C(C#N)C2c3ccccc3Sc3ccccc32)c(=O)n(-c2ccccc2)n1C. The van der Waals surface area contributed by atoms with Crippen LogP contribution in [0.4, 0.5) is 0 Å². The Kier molecular flexibility index (Phi) is 5.27. The van der Waals surface area contributed by atoms with Gasteiger partial charge in [-0.2, -0.15) is 5.26 Å². The van der Waals surface area contributed by atoms with E-state index in [1.807, 2.05) is 78.9 Å². The van der Waals surface area contributed by atoms with Gasteiger partial charge in [-0.15, -0.1) is 0 Å². The number of fused-ring (bicyclic) bond motifs is 2. The van der Waals surface area contributed by atoms with Crippen LogP contribution in [-0.4, -0.2) is 15.1 Å². The van der Waals surface area contributed by atoms with Gasteiger partial charge in [-0.1, -0.05) is 66.4 Å². The Labute approximate surface area is 195 Å². The van der Waals surface area contributed by atoms with Crippen molar-refractivity contribution in [3.05, 3.63) is 112 Å². The number of carbonyl (C=O) groups excluding carboxylic acids is 1. The smallest absolute Gasteiger partial charge is 0.282 e. The summed E-state index contributed by atoms with van der Waals surface area (Å²) in [6.07, 6.45) is 0. The van der Waals surface area contributed by atoms with Crippen molar-refractivity contribution >= 4 is 17.5 Å². The van der Waals surface area contributed by atoms with E-state index in [0.29, 0.717) is 11.4 Å². The minimum Gasteiger partial charge on any atom is -0.292 e. The Morgan fingerprint density at radius 1 is 0.939 bits per heavy atom. The number of hydrogen-bond donors (Lipinski definition) is 0. The molecular weight excluding hydrogens is 430 g/mol. The van der Waals surface area contributed by atoms with Crippen LogP contribution in [0.2, 0.25) is 0 Å². The molecule has 33 heavy (non-hydrogen) atoms. The van der Waals surface area contributed by atoms with Crippen LogP contribution >= 0.6 is 11.8 Å². The summed E-state index contributed by atoms with van der Waals surface area (Å²) in [7, 11) is 1.75. The van der Waals surface area contributed by atoms with Gasteiger partial charge in [0.25, 0.3) is 5.56 Å². The lowest BCUT2D eigenvalue weighted by molar-refractivity contribution is 0.0937. The molecule has 3 aromatic carbocycles. The number of nitriles is 1. The van der Waals surface area contributed by atoms with Crippen molar-refractivity contribution in [2.45, 2.75) is 22.6 Å². The van der Waals surface area contributed by atoms with Gasteiger partial charge in [0.05, 0.1) is 11.8 Å². The lowest BCUT2D eigenvalue weighted by Gasteiger charge is -2.30. The van der Waals surface area contributed by atoms with Gasteiger partial charge in [0, 0.05) is 28.5 Å². The first-order valence-corrected chi connectivity index (χ1v) is 11.5. The Bertz CT molecular complexity index is 1430. The maximum absolute atomic E-state index is 13.9. The summed E-state index contributed by atoms with van der Waals surface area (Å²) in [6.45, 7) is 1.75. The Morgan fingerprint density at radius 3 is 2.06 bits per heavy atom. The van der Waals surface area contributed by atoms with Gasteiger partial charge in [0.2, 0.25) is 0 Å². The largest absolute Gasteiger partial charge is 0.292 e. The van der Waals surface area contributed by atoms with Crippen LogP contribution in [-0.2, 0) is 7.05 Å². The van der Waals surface area contributed by atoms with Gasteiger partial charge < -0.3 is 0 Å². The van der Waals surface area contributed by atoms with Crippen LogP contribution in [0.5, 0.6) is 0 Å². The molecule has 5 rings (SSSR count). The van der Waals surface area contributed by atoms with Gasteiger partial charge >= 0.3 is 0 Å². The molecule has 1 aromatic heterocycles. The van der Waals surface area contributed by atoms with E-state index in [4.69, 9.17) is 0 Å². The zero-order chi connectivity index (χ0) is 23.1. The first-order chi connectivity index (χ1) is 16.0. The molecule has 1 aliphatic heterocycles. The number of para-hydroxylation sites is 1. The quantitative estimate of drug-likeness (QED) is 0.405. The summed E-state index contributed by atoms with van der Waals surface area (Å²) in [5.74, 6) is -1.90. The van der Waals surface area contributed by atoms with Gasteiger partial charge in [-0.3, -0.25) is 14.3 Å². The minimum atomic E-state index is -1.02. The van der Waals surface area contributed by atoms with Crippen LogP contribution in [0.25, 0.3) is 5.69 Å². The normalized spacial score (nSPS) is 13.6. The molecule has 0 amide bonds. The molecule has 0 bridgehead atoms. The third kappa shape index (κ3) is 3.33. The molecule has 0 fully saturated rings. The molecule has 1 atom stereocenters. The third-order valence-electron chi connectivity index (χ3n) is 6.28. The summed E-state index contributed by atoms with van der Waals surface area (Å²) in [5.41, 5.74) is 2.77. The summed E-state index contributed by atoms with van der Waals surface area (Å²) < 4.78 is 3.16. The fourth-order valence-corrected chi connectivity index (χ4v) is 5.75. The number of Topliss-reactive ketones (excluding diaryl/α,β-unsaturated/α-hetero) is 1. The lowest BCUT2D eigenvalue weighted by Crippen LogP contribution is -2.29. The predicted molar refractivity (Wildman–Crippen MR) is 128 cm³/mol. The number of aromatic nitrogens is 2. The van der Waals surface area contributed by atoms with Crippen molar-refractivity contribution in [1.82, 2.24) is 9.36 Å². The van der Waals surface area contributed by atoms with Gasteiger partial charge in [0.1, 0.15) is 11.5 Å². The summed E-state index contributed by atoms with van der Waals surface area (Å²) in [5, 5.41) is 10.2. The van der Waals surface area contributed by atoms with Crippen LogP contribution in [0, 0.1) is 24.2 Å². The van der Waals surface area contributed by atoms with E-state index in [-0.39, 0.29) is 5.56 Å². The molecule has 0 spiro atoms. The fraction of sp³-hybridized carbons (Fsp3) is 0.148. The van der Waals surface area contributed by atoms with Gasteiger partial charge in [-0.25, -0.2) is 4.68 Å². The number of benzene rings is 3. The van der Waals surface area contributed by atoms with Crippen LogP contribution in [0.3, 0.4) is 0 Å². The van der Waals surface area contributed by atoms with Crippen molar-refractivity contribution in [2.75, 3.05) is 0 Å². The average Bonchev–Trinajstić information content (AvgIpc) is 3.07. The standard InChI is InChI=1S/C27H21N3O2S/c1-17-24(27(32)30(29(17)2)18-10-4-3-5-11-18)26(31)21(16-28)25-19-12-6-8-14-22(19)33-23-15-9-7-13-20(23)25/h3-15,21,25H,1-2H3. The Balaban J connectivity index is 1.67. The summed E-state index contributed by atoms with van der Waals surface area (Å²) in [6, 6.07) is 27.2. The maximum atomic E-state index is 13.9. The van der Waals surface area contributed by atoms with Crippen molar-refractivity contribution in [1.29, 1.82) is 5.26 Å². The molecule has 162 valence electrons. The maximum Gasteiger partial charge on any atom is 0.282 e. The molecule has 6 heteroatoms. The van der Waals surface area contributed by atoms with E-state index in [0.717, 1.165) is 20.9 Å². The monoisotopic (exact) mass is 451 g/mol. The number of carbonyl (C=O) groups is 1. The lowest BCUT2D eigenvalue weighted by atomic mass is 9.77. The predicted octanol–water partition coefficient (Wildman–Crippen LogP) is 5.10. The highest BCUT2D eigenvalue weighted by molar-refractivity contribution is 7.99. The topological polar surface area (TPSA) is 67.8 Å². The van der Waals surface area contributed by atoms with E-state index in [1.165, 1.54) is 4.68 Å². The van der Waals surface area contributed by atoms with Gasteiger partial charge in [-0.05, 0) is 42.3 Å². The van der Waals surface area contributed by atoms with Crippen LogP contribution in [0.15, 0.2) is 93.4 Å². The second kappa shape index (κ2) is 8.27. The first-order valence-electron chi connectivity index (χ1n) is 10.7. The molecule has 0 aliphatic carbocycles. The summed E-state index contributed by atoms with van der Waals surface area (Å²) >= 11 is 1.64. The van der Waals surface area contributed by atoms with E-state index in [2.05, 4.69) is 6.07 Å². The molecule has 0 radical (unpaired) electrons. The van der Waals surface area contributed by atoms with Crippen molar-refractivity contribution in [3.8, 4) is 11.8 Å². The molecule has 2 heterocycles. The fourth-order valence-electron chi connectivity index (χ4n) is 4.60. The molecule has 1 aliphatic rings. The zero-order valence-corrected chi connectivity index (χ0v) is 19.0. The van der Waals surface area contributed by atoms with Crippen molar-refractivity contribution < 1.29 is 4.79 Å². The highest BCUT2D eigenvalue weighted by Gasteiger charge is 2.39. The highest BCUT2D eigenvalue weighted by Crippen LogP contribution is 2.49. The second-order valence-electron chi connectivity index (χ2n) is 8.06. The van der Waals surface area contributed by atoms with E-state index in [1.54, 1.807) is 30.4 Å². The summed E-state index contributed by atoms with van der Waals surface area (Å²) in [4.78, 5) is 29.4. The number of nitrogens with zero attached hydrogens (tertiary/aromatic N) is 3. The number of ketones is 1. The molecule has 1 unspecified atom stereocenters. The Morgan fingerprint density at radius 2 is 1.48 bits per heavy atom. The first kappa shape index (κ1) is 21.0. The minimum absolute atomic E-state index is 0.0705. The third-order valence-corrected chi connectivity index (χ3v) is 7.47. The number of rotatable bonds is 4. The zero-order valence-electron chi connectivity index (χ0n) is 18.2.